The zero-order chi connectivity index (χ0) is 38.4. The lowest BCUT2D eigenvalue weighted by atomic mass is 9.73. The first-order chi connectivity index (χ1) is 24.4. The molecular formula is C38H63N7O7. The van der Waals surface area contributed by atoms with Crippen LogP contribution in [0.15, 0.2) is 0 Å². The number of fused-ring (bicyclic) bond motifs is 3. The number of likely N-dealkylation sites (N-methyl/N-ethyl adjacent to an activating group) is 1. The van der Waals surface area contributed by atoms with Crippen LogP contribution in [-0.2, 0) is 28.8 Å². The normalized spacial score (nSPS) is 26.7. The van der Waals surface area contributed by atoms with Crippen molar-refractivity contribution in [3.63, 3.8) is 0 Å². The molecule has 2 aliphatic carbocycles. The fourth-order valence-electron chi connectivity index (χ4n) is 7.81. The van der Waals surface area contributed by atoms with E-state index in [0.717, 1.165) is 44.9 Å². The van der Waals surface area contributed by atoms with E-state index >= 15 is 4.79 Å². The van der Waals surface area contributed by atoms with Gasteiger partial charge in [0.25, 0.3) is 5.91 Å². The first-order valence-corrected chi connectivity index (χ1v) is 19.5. The maximum Gasteiger partial charge on any atom is 0.315 e. The van der Waals surface area contributed by atoms with Crippen molar-refractivity contribution in [3.05, 3.63) is 0 Å². The molecule has 14 heteroatoms. The Labute approximate surface area is 309 Å². The second-order valence-corrected chi connectivity index (χ2v) is 17.1. The molecule has 0 radical (unpaired) electrons. The molecule has 5 N–H and O–H groups in total. The molecule has 0 aromatic rings. The third-order valence-electron chi connectivity index (χ3n) is 11.1. The SMILES string of the molecule is CCCC(NC(=O)[C@@H]1CN2CCC(C)(C)[C@H](NC(=O)[C@@H](NC(=O)NC(C)(C)C)C3CCCCC3)C(=O)C1CN(CC)C(=O)C2)C(=O)C(=O)NC1CC1. The van der Waals surface area contributed by atoms with Crippen LogP contribution in [0.5, 0.6) is 0 Å². The summed E-state index contributed by atoms with van der Waals surface area (Å²) in [5.74, 6) is -5.05. The number of ketones is 2. The number of carbonyl (C=O) groups is 7. The van der Waals surface area contributed by atoms with Gasteiger partial charge < -0.3 is 31.5 Å². The first-order valence-electron chi connectivity index (χ1n) is 19.5. The van der Waals surface area contributed by atoms with Crippen molar-refractivity contribution in [1.82, 2.24) is 36.4 Å². The highest BCUT2D eigenvalue weighted by atomic mass is 16.2. The van der Waals surface area contributed by atoms with Gasteiger partial charge in [-0.2, -0.15) is 0 Å². The molecule has 6 amide bonds. The molecule has 14 nitrogen and oxygen atoms in total. The van der Waals surface area contributed by atoms with Crippen molar-refractivity contribution in [2.45, 2.75) is 142 Å². The van der Waals surface area contributed by atoms with Crippen molar-refractivity contribution in [2.75, 3.05) is 32.7 Å². The van der Waals surface area contributed by atoms with Crippen LogP contribution in [0.2, 0.25) is 0 Å². The monoisotopic (exact) mass is 729 g/mol. The van der Waals surface area contributed by atoms with Gasteiger partial charge in [-0.05, 0) is 84.1 Å². The van der Waals surface area contributed by atoms with E-state index in [-0.39, 0.29) is 49.7 Å². The number of urea groups is 1. The van der Waals surface area contributed by atoms with Crippen molar-refractivity contribution < 1.29 is 33.6 Å². The summed E-state index contributed by atoms with van der Waals surface area (Å²) < 4.78 is 0. The largest absolute Gasteiger partial charge is 0.347 e. The number of hydrogen-bond donors (Lipinski definition) is 5. The molecule has 0 spiro atoms. The van der Waals surface area contributed by atoms with E-state index in [1.165, 1.54) is 0 Å². The molecule has 0 aromatic heterocycles. The Morgan fingerprint density at radius 1 is 0.904 bits per heavy atom. The van der Waals surface area contributed by atoms with Crippen LogP contribution in [0.3, 0.4) is 0 Å². The fraction of sp³-hybridized carbons (Fsp3) is 0.816. The minimum absolute atomic E-state index is 0.0222. The van der Waals surface area contributed by atoms with Crippen LogP contribution in [0.1, 0.15) is 113 Å². The molecule has 52 heavy (non-hydrogen) atoms. The average molecular weight is 730 g/mol. The summed E-state index contributed by atoms with van der Waals surface area (Å²) in [5, 5.41) is 14.4. The van der Waals surface area contributed by atoms with Gasteiger partial charge in [-0.1, -0.05) is 46.5 Å². The molecule has 2 saturated carbocycles. The van der Waals surface area contributed by atoms with E-state index in [4.69, 9.17) is 0 Å². The third-order valence-corrected chi connectivity index (χ3v) is 11.1. The number of nitrogens with one attached hydrogen (secondary N) is 5. The van der Waals surface area contributed by atoms with Gasteiger partial charge in [-0.25, -0.2) is 4.79 Å². The summed E-state index contributed by atoms with van der Waals surface area (Å²) in [6.45, 7) is 13.9. The zero-order valence-corrected chi connectivity index (χ0v) is 32.4. The smallest absolute Gasteiger partial charge is 0.315 e. The van der Waals surface area contributed by atoms with Gasteiger partial charge >= 0.3 is 6.03 Å². The van der Waals surface area contributed by atoms with Gasteiger partial charge in [0.05, 0.1) is 30.5 Å². The highest BCUT2D eigenvalue weighted by molar-refractivity contribution is 6.38. The zero-order valence-electron chi connectivity index (χ0n) is 32.4. The molecule has 4 fully saturated rings. The van der Waals surface area contributed by atoms with Gasteiger partial charge in [-0.15, -0.1) is 0 Å². The molecule has 2 bridgehead atoms. The summed E-state index contributed by atoms with van der Waals surface area (Å²) in [5.41, 5.74) is -1.32. The molecule has 4 rings (SSSR count). The predicted molar refractivity (Wildman–Crippen MR) is 196 cm³/mol. The van der Waals surface area contributed by atoms with Gasteiger partial charge in [-0.3, -0.25) is 33.7 Å². The molecule has 3 unspecified atom stereocenters. The summed E-state index contributed by atoms with van der Waals surface area (Å²) >= 11 is 0. The number of rotatable bonds is 12. The van der Waals surface area contributed by atoms with E-state index in [1.54, 1.807) is 4.90 Å². The van der Waals surface area contributed by atoms with Crippen LogP contribution < -0.4 is 26.6 Å². The topological polar surface area (TPSA) is 186 Å². The van der Waals surface area contributed by atoms with Crippen molar-refractivity contribution in [2.24, 2.45) is 23.2 Å². The Balaban J connectivity index is 1.67. The standard InChI is InChI=1S/C38H63N7O7/c1-8-13-27(31(48)35(51)39-24-16-17-24)40-33(49)26-20-44-19-18-38(6,7)32(30(47)25(26)21-45(9-2)28(46)22-44)42-34(50)29(23-14-11-10-12-15-23)41-36(52)43-37(3,4)5/h23-27,29,32H,8-22H2,1-7H3,(H,39,51)(H,40,49)(H,42,50)(H2,41,43,52)/t25?,26-,27?,29+,32-/m1/s1. The van der Waals surface area contributed by atoms with Gasteiger partial charge in [0.2, 0.25) is 23.5 Å². The van der Waals surface area contributed by atoms with Gasteiger partial charge in [0, 0.05) is 31.2 Å². The summed E-state index contributed by atoms with van der Waals surface area (Å²) in [6, 6.07) is -3.46. The number of amides is 6. The Bertz CT molecular complexity index is 1350. The van der Waals surface area contributed by atoms with E-state index < -0.39 is 70.5 Å². The number of nitrogens with zero attached hydrogens (tertiary/aromatic N) is 2. The second kappa shape index (κ2) is 17.5. The van der Waals surface area contributed by atoms with E-state index in [0.29, 0.717) is 25.9 Å². The number of Topliss-reactive ketones (excluding diaryl/α,β-unsaturated/α-hetero) is 2. The molecule has 292 valence electrons. The van der Waals surface area contributed by atoms with E-state index in [1.807, 2.05) is 53.4 Å². The lowest BCUT2D eigenvalue weighted by Gasteiger charge is -2.39. The number of hydrogen-bond acceptors (Lipinski definition) is 8. The quantitative estimate of drug-likeness (QED) is 0.189. The van der Waals surface area contributed by atoms with E-state index in [9.17, 15) is 28.8 Å². The third kappa shape index (κ3) is 11.0. The maximum absolute atomic E-state index is 15.0. The molecular weight excluding hydrogens is 666 g/mol. The van der Waals surface area contributed by atoms with Crippen LogP contribution >= 0.6 is 0 Å². The van der Waals surface area contributed by atoms with Crippen LogP contribution in [0, 0.1) is 23.2 Å². The first kappa shape index (κ1) is 41.2. The van der Waals surface area contributed by atoms with Crippen LogP contribution in [0.4, 0.5) is 4.79 Å². The Kier molecular flexibility index (Phi) is 13.9. The Morgan fingerprint density at radius 3 is 2.17 bits per heavy atom. The molecule has 4 aliphatic rings. The Hall–Kier alpha value is -3.55. The highest BCUT2D eigenvalue weighted by Crippen LogP contribution is 2.35. The molecule has 2 saturated heterocycles. The average Bonchev–Trinajstić information content (AvgIpc) is 3.89. The molecule has 2 aliphatic heterocycles. The summed E-state index contributed by atoms with van der Waals surface area (Å²) in [6.07, 6.45) is 7.30. The lowest BCUT2D eigenvalue weighted by molar-refractivity contribution is -0.145. The van der Waals surface area contributed by atoms with Crippen molar-refractivity contribution >= 4 is 41.2 Å². The molecule has 0 aromatic carbocycles. The minimum Gasteiger partial charge on any atom is -0.347 e. The second-order valence-electron chi connectivity index (χ2n) is 17.1. The maximum atomic E-state index is 15.0. The number of carbonyl (C=O) groups excluding carboxylic acids is 7. The molecule has 2 heterocycles. The summed E-state index contributed by atoms with van der Waals surface area (Å²) in [4.78, 5) is 99.7. The Morgan fingerprint density at radius 2 is 1.58 bits per heavy atom. The minimum atomic E-state index is -1.06. The lowest BCUT2D eigenvalue weighted by Crippen LogP contribution is -2.62. The predicted octanol–water partition coefficient (Wildman–Crippen LogP) is 2.05. The van der Waals surface area contributed by atoms with Crippen molar-refractivity contribution in [3.8, 4) is 0 Å². The molecule has 6 atom stereocenters. The fourth-order valence-corrected chi connectivity index (χ4v) is 7.81. The highest BCUT2D eigenvalue weighted by Gasteiger charge is 2.49. The van der Waals surface area contributed by atoms with Crippen LogP contribution in [0.25, 0.3) is 0 Å². The van der Waals surface area contributed by atoms with Gasteiger partial charge in [0.15, 0.2) is 5.78 Å². The van der Waals surface area contributed by atoms with E-state index in [2.05, 4.69) is 26.6 Å². The van der Waals surface area contributed by atoms with Gasteiger partial charge in [0.1, 0.15) is 6.04 Å². The summed E-state index contributed by atoms with van der Waals surface area (Å²) in [7, 11) is 0. The van der Waals surface area contributed by atoms with Crippen molar-refractivity contribution in [1.29, 1.82) is 0 Å². The van der Waals surface area contributed by atoms with Crippen LogP contribution in [-0.4, -0.2) is 113 Å².